The molecule has 5 unspecified atom stereocenters. The maximum Gasteiger partial charge on any atom is 0.472 e. The quantitative estimate of drug-likeness (QED) is 0.0169. The van der Waals surface area contributed by atoms with E-state index >= 15 is 0 Å². The highest BCUT2D eigenvalue weighted by Gasteiger charge is 2.30. The molecule has 0 aliphatic rings. The molecular weight excluding hydrogens is 1230 g/mol. The zero-order valence-corrected chi connectivity index (χ0v) is 60.7. The van der Waals surface area contributed by atoms with E-state index in [2.05, 4.69) is 101 Å². The van der Waals surface area contributed by atoms with Crippen molar-refractivity contribution in [3.63, 3.8) is 0 Å². The van der Waals surface area contributed by atoms with Crippen LogP contribution < -0.4 is 0 Å². The van der Waals surface area contributed by atoms with E-state index < -0.39 is 97.5 Å². The van der Waals surface area contributed by atoms with E-state index in [0.29, 0.717) is 25.7 Å². The van der Waals surface area contributed by atoms with Crippen LogP contribution in [0.4, 0.5) is 0 Å². The lowest BCUT2D eigenvalue weighted by Gasteiger charge is -2.21. The maximum absolute atomic E-state index is 13.0. The summed E-state index contributed by atoms with van der Waals surface area (Å²) in [4.78, 5) is 72.6. The summed E-state index contributed by atoms with van der Waals surface area (Å²) in [5, 5.41) is 10.6. The number of phosphoric ester groups is 2. The minimum Gasteiger partial charge on any atom is -0.462 e. The Hall–Kier alpha value is -4.02. The number of unbranched alkanes of at least 4 members (excludes halogenated alkanes) is 27. The molecule has 0 saturated carbocycles. The Morgan fingerprint density at radius 3 is 0.947 bits per heavy atom. The monoisotopic (exact) mass is 1360 g/mol. The van der Waals surface area contributed by atoms with Crippen LogP contribution >= 0.6 is 15.6 Å². The van der Waals surface area contributed by atoms with Crippen molar-refractivity contribution in [1.82, 2.24) is 0 Å². The number of rotatable bonds is 68. The second-order valence-electron chi connectivity index (χ2n) is 24.2. The largest absolute Gasteiger partial charge is 0.472 e. The van der Waals surface area contributed by atoms with E-state index in [-0.39, 0.29) is 25.7 Å². The van der Waals surface area contributed by atoms with E-state index in [4.69, 9.17) is 37.0 Å². The first kappa shape index (κ1) is 90.0. The first-order valence-electron chi connectivity index (χ1n) is 36.5. The highest BCUT2D eigenvalue weighted by molar-refractivity contribution is 7.47. The van der Waals surface area contributed by atoms with Gasteiger partial charge in [0.15, 0.2) is 12.2 Å². The number of phosphoric acid groups is 2. The first-order valence-corrected chi connectivity index (χ1v) is 39.5. The summed E-state index contributed by atoms with van der Waals surface area (Å²) < 4.78 is 68.2. The Labute approximate surface area is 569 Å². The highest BCUT2D eigenvalue weighted by Crippen LogP contribution is 2.45. The summed E-state index contributed by atoms with van der Waals surface area (Å²) >= 11 is 0. The molecule has 0 radical (unpaired) electrons. The minimum absolute atomic E-state index is 0.0686. The second kappa shape index (κ2) is 67.5. The number of carbonyl (C=O) groups excluding carboxylic acids is 4. The molecule has 0 aliphatic carbocycles. The molecule has 94 heavy (non-hydrogen) atoms. The van der Waals surface area contributed by atoms with E-state index in [0.717, 1.165) is 128 Å². The summed E-state index contributed by atoms with van der Waals surface area (Å²) in [6.45, 7) is 4.51. The van der Waals surface area contributed by atoms with Crippen LogP contribution in [0.25, 0.3) is 0 Å². The van der Waals surface area contributed by atoms with Crippen LogP contribution in [-0.2, 0) is 65.4 Å². The third-order valence-electron chi connectivity index (χ3n) is 15.1. The van der Waals surface area contributed by atoms with Gasteiger partial charge in [0.1, 0.15) is 19.3 Å². The average Bonchev–Trinajstić information content (AvgIpc) is 1.55. The number of esters is 4. The van der Waals surface area contributed by atoms with E-state index in [1.165, 1.54) is 89.9 Å². The van der Waals surface area contributed by atoms with Crippen LogP contribution in [0.2, 0.25) is 0 Å². The highest BCUT2D eigenvalue weighted by atomic mass is 31.2. The topological polar surface area (TPSA) is 237 Å². The molecule has 0 saturated heterocycles. The van der Waals surface area contributed by atoms with Gasteiger partial charge in [0, 0.05) is 19.3 Å². The van der Waals surface area contributed by atoms with Crippen LogP contribution in [0.5, 0.6) is 0 Å². The van der Waals surface area contributed by atoms with Crippen molar-refractivity contribution in [2.24, 2.45) is 0 Å². The van der Waals surface area contributed by atoms with Gasteiger partial charge in [-0.2, -0.15) is 0 Å². The molecule has 5 atom stereocenters. The van der Waals surface area contributed by atoms with E-state index in [9.17, 15) is 43.2 Å². The standard InChI is InChI=1S/C75H130O17P2/c1-5-9-13-17-21-25-29-32-34-37-40-43-47-51-55-59-72(77)85-65-70(91-74(79)61-57-53-49-45-39-28-24-20-16-12-8-4)67-89-93(81,82)87-63-69(76)64-88-94(83,84)90-68-71(92-75(80)62-58-54-50-46-42-36-31-27-23-19-15-11-7-3)66-86-73(78)60-56-52-48-44-41-38-35-33-30-26-22-18-14-10-6-2/h9-10,13-14,21-22,25-26,32-35,41,44,52,56,69-71,76H,5-8,11-12,15-20,23-24,27-31,36-40,42-43,45-51,53-55,57-68H2,1-4H3,(H,81,82)(H,83,84)/b13-9-,14-10-,25-21-,26-22-,34-32-,35-33-,44-41-,56-52-. The van der Waals surface area contributed by atoms with Crippen molar-refractivity contribution in [3.8, 4) is 0 Å². The third-order valence-corrected chi connectivity index (χ3v) is 17.0. The molecule has 17 nitrogen and oxygen atoms in total. The van der Waals surface area contributed by atoms with Crippen molar-refractivity contribution in [2.45, 2.75) is 316 Å². The molecule has 19 heteroatoms. The van der Waals surface area contributed by atoms with Crippen molar-refractivity contribution >= 4 is 39.5 Å². The number of allylic oxidation sites excluding steroid dienone is 15. The molecule has 0 rings (SSSR count). The molecular formula is C75H130O17P2. The van der Waals surface area contributed by atoms with E-state index in [1.54, 1.807) is 6.08 Å². The lowest BCUT2D eigenvalue weighted by molar-refractivity contribution is -0.161. The number of aliphatic hydroxyl groups excluding tert-OH is 1. The SMILES string of the molecule is CC/C=C\C/C=C\C/C=C\C/C=C\C/C=C\CC(=O)OCC(COP(=O)(O)OCC(O)COP(=O)(O)OCC(COC(=O)CCCCCCC/C=C\C/C=C\C/C=C\CC)OC(=O)CCCCCCCCCCCCC)OC(=O)CCCCCCCCCCCCCCC. The molecule has 0 aliphatic heterocycles. The van der Waals surface area contributed by atoms with Gasteiger partial charge in [-0.15, -0.1) is 0 Å². The fourth-order valence-corrected chi connectivity index (χ4v) is 11.2. The molecule has 0 fully saturated rings. The Morgan fingerprint density at radius 2 is 0.596 bits per heavy atom. The van der Waals surface area contributed by atoms with Crippen molar-refractivity contribution in [2.75, 3.05) is 39.6 Å². The summed E-state index contributed by atoms with van der Waals surface area (Å²) in [6.07, 6.45) is 68.7. The van der Waals surface area contributed by atoms with Gasteiger partial charge in [0.05, 0.1) is 32.8 Å². The number of hydrogen-bond donors (Lipinski definition) is 3. The fraction of sp³-hybridized carbons (Fsp3) is 0.733. The Balaban J connectivity index is 5.38. The van der Waals surface area contributed by atoms with Gasteiger partial charge in [-0.05, 0) is 83.5 Å². The minimum atomic E-state index is -4.99. The van der Waals surface area contributed by atoms with Crippen molar-refractivity contribution < 1.29 is 80.2 Å². The molecule has 0 spiro atoms. The number of ether oxygens (including phenoxy) is 4. The molecule has 542 valence electrons. The van der Waals surface area contributed by atoms with Crippen molar-refractivity contribution in [1.29, 1.82) is 0 Å². The number of aliphatic hydroxyl groups is 1. The van der Waals surface area contributed by atoms with Gasteiger partial charge in [0.2, 0.25) is 0 Å². The van der Waals surface area contributed by atoms with E-state index in [1.807, 2.05) is 18.2 Å². The summed E-state index contributed by atoms with van der Waals surface area (Å²) in [6, 6.07) is 0. The Bertz CT molecular complexity index is 2170. The number of carbonyl (C=O) groups is 4. The maximum atomic E-state index is 13.0. The second-order valence-corrected chi connectivity index (χ2v) is 27.1. The summed E-state index contributed by atoms with van der Waals surface area (Å²) in [7, 11) is -9.96. The predicted molar refractivity (Wildman–Crippen MR) is 381 cm³/mol. The van der Waals surface area contributed by atoms with Crippen LogP contribution in [0.1, 0.15) is 297 Å². The van der Waals surface area contributed by atoms with Gasteiger partial charge in [-0.3, -0.25) is 37.3 Å². The fourth-order valence-electron chi connectivity index (χ4n) is 9.60. The Kier molecular flexibility index (Phi) is 64.7. The van der Waals surface area contributed by atoms with Crippen LogP contribution in [-0.4, -0.2) is 96.7 Å². The number of hydrogen-bond acceptors (Lipinski definition) is 15. The molecule has 0 bridgehead atoms. The molecule has 0 aromatic carbocycles. The molecule has 0 aromatic heterocycles. The van der Waals surface area contributed by atoms with Gasteiger partial charge >= 0.3 is 39.5 Å². The lowest BCUT2D eigenvalue weighted by atomic mass is 10.0. The summed E-state index contributed by atoms with van der Waals surface area (Å²) in [5.41, 5.74) is 0. The predicted octanol–water partition coefficient (Wildman–Crippen LogP) is 20.4. The van der Waals surface area contributed by atoms with Gasteiger partial charge in [-0.25, -0.2) is 9.13 Å². The van der Waals surface area contributed by atoms with Gasteiger partial charge < -0.3 is 33.8 Å². The van der Waals surface area contributed by atoms with Crippen LogP contribution in [0.3, 0.4) is 0 Å². The summed E-state index contributed by atoms with van der Waals surface area (Å²) in [5.74, 6) is -2.33. The van der Waals surface area contributed by atoms with Gasteiger partial charge in [-0.1, -0.05) is 285 Å². The van der Waals surface area contributed by atoms with Crippen molar-refractivity contribution in [3.05, 3.63) is 97.2 Å². The molecule has 3 N–H and O–H groups in total. The molecule has 0 amide bonds. The van der Waals surface area contributed by atoms with Crippen LogP contribution in [0.15, 0.2) is 97.2 Å². The zero-order chi connectivity index (χ0) is 69.0. The lowest BCUT2D eigenvalue weighted by Crippen LogP contribution is -2.30. The third kappa shape index (κ3) is 66.6. The average molecular weight is 1370 g/mol. The Morgan fingerprint density at radius 1 is 0.319 bits per heavy atom. The van der Waals surface area contributed by atoms with Crippen LogP contribution in [0, 0.1) is 0 Å². The first-order chi connectivity index (χ1) is 45.7. The van der Waals surface area contributed by atoms with Gasteiger partial charge in [0.25, 0.3) is 0 Å². The molecule has 0 aromatic rings. The normalized spacial score (nSPS) is 14.6. The smallest absolute Gasteiger partial charge is 0.462 e. The molecule has 0 heterocycles. The zero-order valence-electron chi connectivity index (χ0n) is 58.9.